The van der Waals surface area contributed by atoms with Crippen molar-refractivity contribution in [1.82, 2.24) is 9.88 Å². The predicted molar refractivity (Wildman–Crippen MR) is 111 cm³/mol. The van der Waals surface area contributed by atoms with Crippen molar-refractivity contribution in [2.45, 2.75) is 26.8 Å². The maximum atomic E-state index is 13.0. The molecule has 6 nitrogen and oxygen atoms in total. The van der Waals surface area contributed by atoms with Gasteiger partial charge in [0.25, 0.3) is 5.91 Å². The molecule has 2 heterocycles. The average Bonchev–Trinajstić information content (AvgIpc) is 2.66. The number of benzene rings is 1. The average molecular weight is 416 g/mol. The minimum Gasteiger partial charge on any atom is -0.338 e. The Labute approximate surface area is 173 Å². The molecule has 0 saturated carbocycles. The Kier molecular flexibility index (Phi) is 5.82. The van der Waals surface area contributed by atoms with Gasteiger partial charge in [0, 0.05) is 12.4 Å². The highest BCUT2D eigenvalue weighted by molar-refractivity contribution is 6.43. The summed E-state index contributed by atoms with van der Waals surface area (Å²) >= 11 is 12.2. The van der Waals surface area contributed by atoms with Crippen LogP contribution in [0.15, 0.2) is 59.2 Å². The van der Waals surface area contributed by atoms with Crippen LogP contribution < -0.4 is 5.32 Å². The highest BCUT2D eigenvalue weighted by Crippen LogP contribution is 2.30. The number of halogens is 2. The van der Waals surface area contributed by atoms with Crippen molar-refractivity contribution in [2.24, 2.45) is 5.11 Å². The number of rotatable bonds is 4. The van der Waals surface area contributed by atoms with Gasteiger partial charge in [0.05, 0.1) is 27.3 Å². The van der Waals surface area contributed by atoms with Crippen LogP contribution in [0.3, 0.4) is 0 Å². The number of hydrogen-bond acceptors (Lipinski definition) is 5. The number of amides is 1. The van der Waals surface area contributed by atoms with Crippen molar-refractivity contribution in [3.63, 3.8) is 0 Å². The Hall–Kier alpha value is -2.70. The first-order valence-electron chi connectivity index (χ1n) is 8.60. The van der Waals surface area contributed by atoms with Gasteiger partial charge in [-0.15, -0.1) is 0 Å². The van der Waals surface area contributed by atoms with Gasteiger partial charge in [-0.25, -0.2) is 10.5 Å². The third-order valence-corrected chi connectivity index (χ3v) is 5.31. The lowest BCUT2D eigenvalue weighted by molar-refractivity contribution is 0.0791. The van der Waals surface area contributed by atoms with Crippen LogP contribution in [-0.4, -0.2) is 21.8 Å². The van der Waals surface area contributed by atoms with E-state index in [1.807, 2.05) is 19.9 Å². The molecule has 0 saturated heterocycles. The van der Waals surface area contributed by atoms with Crippen LogP contribution >= 0.6 is 23.2 Å². The van der Waals surface area contributed by atoms with Crippen LogP contribution in [0.25, 0.3) is 0 Å². The molecule has 2 aromatic rings. The standard InChI is InChI=1S/C20H19Cl2N5O/c1-11-9-12(2)19(24-10-11)25-16-7-8-27(13(3)18(16)26-23)20(28)14-5-4-6-15(21)17(14)22/h4-10,13,23H,1-3H3,(H,24,25). The van der Waals surface area contributed by atoms with E-state index in [4.69, 9.17) is 28.7 Å². The van der Waals surface area contributed by atoms with E-state index >= 15 is 0 Å². The minimum atomic E-state index is -0.474. The number of aryl methyl sites for hydroxylation is 2. The first-order chi connectivity index (χ1) is 13.3. The van der Waals surface area contributed by atoms with Crippen molar-refractivity contribution in [3.8, 4) is 0 Å². The van der Waals surface area contributed by atoms with Crippen molar-refractivity contribution < 1.29 is 4.79 Å². The molecule has 2 N–H and O–H groups in total. The maximum absolute atomic E-state index is 13.0. The topological polar surface area (TPSA) is 81.4 Å². The van der Waals surface area contributed by atoms with Gasteiger partial charge in [0.1, 0.15) is 11.5 Å². The maximum Gasteiger partial charge on any atom is 0.259 e. The summed E-state index contributed by atoms with van der Waals surface area (Å²) < 4.78 is 0. The molecule has 1 aromatic carbocycles. The lowest BCUT2D eigenvalue weighted by Crippen LogP contribution is -2.38. The van der Waals surface area contributed by atoms with Gasteiger partial charge >= 0.3 is 0 Å². The summed E-state index contributed by atoms with van der Waals surface area (Å²) in [5.74, 6) is 0.359. The monoisotopic (exact) mass is 415 g/mol. The Bertz CT molecular complexity index is 1020. The molecule has 0 fully saturated rings. The van der Waals surface area contributed by atoms with Crippen LogP contribution in [-0.2, 0) is 0 Å². The van der Waals surface area contributed by atoms with Gasteiger partial charge in [-0.1, -0.05) is 35.3 Å². The summed E-state index contributed by atoms with van der Waals surface area (Å²) in [5, 5.41) is 7.38. The number of anilines is 1. The number of nitrogens with one attached hydrogen (secondary N) is 2. The van der Waals surface area contributed by atoms with Gasteiger partial charge in [0.2, 0.25) is 0 Å². The normalized spacial score (nSPS) is 16.3. The molecule has 0 radical (unpaired) electrons. The van der Waals surface area contributed by atoms with E-state index in [0.29, 0.717) is 27.8 Å². The van der Waals surface area contributed by atoms with E-state index in [1.54, 1.807) is 43.6 Å². The Morgan fingerprint density at radius 3 is 2.75 bits per heavy atom. The Morgan fingerprint density at radius 2 is 2.07 bits per heavy atom. The summed E-state index contributed by atoms with van der Waals surface area (Å²) in [6.45, 7) is 5.72. The quantitative estimate of drug-likeness (QED) is 0.626. The summed E-state index contributed by atoms with van der Waals surface area (Å²) in [7, 11) is 0. The molecule has 0 spiro atoms. The fourth-order valence-electron chi connectivity index (χ4n) is 3.01. The second kappa shape index (κ2) is 8.12. The van der Waals surface area contributed by atoms with Crippen molar-refractivity contribution >= 4 is 34.9 Å². The largest absolute Gasteiger partial charge is 0.338 e. The Morgan fingerprint density at radius 1 is 1.32 bits per heavy atom. The van der Waals surface area contributed by atoms with E-state index in [-0.39, 0.29) is 10.9 Å². The van der Waals surface area contributed by atoms with E-state index in [2.05, 4.69) is 15.4 Å². The predicted octanol–water partition coefficient (Wildman–Crippen LogP) is 5.72. The molecule has 0 aliphatic carbocycles. The molecule has 1 unspecified atom stereocenters. The fraction of sp³-hybridized carbons (Fsp3) is 0.200. The zero-order chi connectivity index (χ0) is 20.4. The Balaban J connectivity index is 1.91. The van der Waals surface area contributed by atoms with Crippen molar-refractivity contribution in [3.05, 3.63) is 80.9 Å². The van der Waals surface area contributed by atoms with Crippen LogP contribution in [0.2, 0.25) is 10.0 Å². The second-order valence-corrected chi connectivity index (χ2v) is 7.30. The number of carbonyl (C=O) groups excluding carboxylic acids is 1. The van der Waals surface area contributed by atoms with Gasteiger partial charge in [0.15, 0.2) is 0 Å². The molecular formula is C20H19Cl2N5O. The highest BCUT2D eigenvalue weighted by atomic mass is 35.5. The number of allylic oxidation sites excluding steroid dienone is 1. The highest BCUT2D eigenvalue weighted by Gasteiger charge is 2.29. The lowest BCUT2D eigenvalue weighted by Gasteiger charge is -2.30. The number of pyridine rings is 1. The molecular weight excluding hydrogens is 397 g/mol. The minimum absolute atomic E-state index is 0.200. The second-order valence-electron chi connectivity index (χ2n) is 6.52. The first kappa shape index (κ1) is 20.0. The van der Waals surface area contributed by atoms with Crippen LogP contribution in [0.5, 0.6) is 0 Å². The zero-order valence-corrected chi connectivity index (χ0v) is 17.1. The molecule has 0 bridgehead atoms. The van der Waals surface area contributed by atoms with Crippen LogP contribution in [0.4, 0.5) is 5.82 Å². The summed E-state index contributed by atoms with van der Waals surface area (Å²) in [5.41, 5.74) is 11.0. The number of aromatic nitrogens is 1. The SMILES string of the molecule is Cc1cnc(NC2=C(N=N)C(C)N(C(=O)c3cccc(Cl)c3Cl)C=C2)c(C)c1. The number of nitrogens with zero attached hydrogens (tertiary/aromatic N) is 3. The molecule has 28 heavy (non-hydrogen) atoms. The molecule has 1 atom stereocenters. The molecule has 1 aliphatic heterocycles. The van der Waals surface area contributed by atoms with Gasteiger partial charge in [-0.3, -0.25) is 4.79 Å². The molecule has 144 valence electrons. The first-order valence-corrected chi connectivity index (χ1v) is 9.36. The lowest BCUT2D eigenvalue weighted by atomic mass is 10.1. The van der Waals surface area contributed by atoms with E-state index < -0.39 is 6.04 Å². The molecule has 1 aromatic heterocycles. The van der Waals surface area contributed by atoms with Crippen molar-refractivity contribution in [1.29, 1.82) is 5.53 Å². The fourth-order valence-corrected chi connectivity index (χ4v) is 3.39. The summed E-state index contributed by atoms with van der Waals surface area (Å²) in [6.07, 6.45) is 5.11. The van der Waals surface area contributed by atoms with E-state index in [0.717, 1.165) is 11.1 Å². The third-order valence-electron chi connectivity index (χ3n) is 4.50. The summed E-state index contributed by atoms with van der Waals surface area (Å²) in [4.78, 5) is 18.8. The number of hydrogen-bond donors (Lipinski definition) is 2. The van der Waals surface area contributed by atoms with Gasteiger partial charge in [-0.2, -0.15) is 5.11 Å². The molecule has 3 rings (SSSR count). The molecule has 8 heteroatoms. The van der Waals surface area contributed by atoms with Crippen LogP contribution in [0.1, 0.15) is 28.4 Å². The van der Waals surface area contributed by atoms with Gasteiger partial charge < -0.3 is 10.2 Å². The number of carbonyl (C=O) groups is 1. The van der Waals surface area contributed by atoms with E-state index in [1.165, 1.54) is 4.90 Å². The summed E-state index contributed by atoms with van der Waals surface area (Å²) in [6, 6.07) is 6.45. The molecule has 1 aliphatic rings. The zero-order valence-electron chi connectivity index (χ0n) is 15.6. The van der Waals surface area contributed by atoms with Gasteiger partial charge in [-0.05, 0) is 50.1 Å². The third kappa shape index (κ3) is 3.79. The van der Waals surface area contributed by atoms with E-state index in [9.17, 15) is 4.79 Å². The smallest absolute Gasteiger partial charge is 0.259 e. The van der Waals surface area contributed by atoms with Crippen molar-refractivity contribution in [2.75, 3.05) is 5.32 Å². The van der Waals surface area contributed by atoms with Crippen LogP contribution in [0, 0.1) is 19.4 Å². The molecule has 1 amide bonds.